The molecule has 1 aromatic rings. The summed E-state index contributed by atoms with van der Waals surface area (Å²) in [6.45, 7) is 0.444. The summed E-state index contributed by atoms with van der Waals surface area (Å²) in [5.74, 6) is -0.656. The van der Waals surface area contributed by atoms with Crippen molar-refractivity contribution < 1.29 is 22.8 Å². The molecule has 2 saturated heterocycles. The molecule has 178 valence electrons. The van der Waals surface area contributed by atoms with Crippen molar-refractivity contribution >= 4 is 33.9 Å². The number of benzene rings is 1. The summed E-state index contributed by atoms with van der Waals surface area (Å²) in [6, 6.07) is 8.65. The van der Waals surface area contributed by atoms with Gasteiger partial charge in [0.05, 0.1) is 0 Å². The molecular weight excluding hydrogens is 444 g/mol. The fraction of sp³-hybridized carbons (Fsp3) is 0.522. The van der Waals surface area contributed by atoms with E-state index in [1.54, 1.807) is 6.08 Å². The van der Waals surface area contributed by atoms with E-state index in [1.807, 2.05) is 30.3 Å². The van der Waals surface area contributed by atoms with Gasteiger partial charge in [-0.1, -0.05) is 56.0 Å². The van der Waals surface area contributed by atoms with Crippen molar-refractivity contribution in [2.45, 2.75) is 44.1 Å². The normalized spacial score (nSPS) is 22.1. The van der Waals surface area contributed by atoms with Gasteiger partial charge in [-0.05, 0) is 24.5 Å². The molecule has 0 radical (unpaired) electrons. The summed E-state index contributed by atoms with van der Waals surface area (Å²) in [7, 11) is -3.61. The van der Waals surface area contributed by atoms with Crippen LogP contribution >= 0.6 is 0 Å². The Bertz CT molecular complexity index is 1020. The first kappa shape index (κ1) is 23.4. The van der Waals surface area contributed by atoms with Crippen molar-refractivity contribution in [2.75, 3.05) is 32.7 Å². The molecule has 1 spiro atoms. The zero-order chi connectivity index (χ0) is 23.5. The number of nitrogens with zero attached hydrogens (tertiary/aromatic N) is 3. The molecule has 33 heavy (non-hydrogen) atoms. The van der Waals surface area contributed by atoms with Gasteiger partial charge >= 0.3 is 6.03 Å². The van der Waals surface area contributed by atoms with E-state index in [2.05, 4.69) is 5.32 Å². The van der Waals surface area contributed by atoms with Crippen molar-refractivity contribution in [1.82, 2.24) is 19.4 Å². The van der Waals surface area contributed by atoms with Gasteiger partial charge in [-0.3, -0.25) is 14.5 Å². The summed E-state index contributed by atoms with van der Waals surface area (Å²) < 4.78 is 26.6. The Labute approximate surface area is 194 Å². The molecule has 9 nitrogen and oxygen atoms in total. The first-order chi connectivity index (χ1) is 15.8. The van der Waals surface area contributed by atoms with Crippen LogP contribution in [0.1, 0.15) is 44.1 Å². The van der Waals surface area contributed by atoms with E-state index < -0.39 is 21.6 Å². The molecule has 1 aliphatic carbocycles. The Morgan fingerprint density at radius 3 is 2.24 bits per heavy atom. The van der Waals surface area contributed by atoms with Crippen LogP contribution < -0.4 is 5.32 Å². The lowest BCUT2D eigenvalue weighted by Crippen LogP contribution is -2.53. The second-order valence-electron chi connectivity index (χ2n) is 8.86. The number of nitrogens with one attached hydrogen (secondary N) is 1. The highest BCUT2D eigenvalue weighted by Crippen LogP contribution is 2.32. The smallest absolute Gasteiger partial charge is 0.325 e. The first-order valence-electron chi connectivity index (χ1n) is 11.5. The van der Waals surface area contributed by atoms with E-state index >= 15 is 0 Å². The zero-order valence-electron chi connectivity index (χ0n) is 18.6. The maximum atomic E-state index is 13.0. The van der Waals surface area contributed by atoms with Gasteiger partial charge in [-0.25, -0.2) is 13.2 Å². The van der Waals surface area contributed by atoms with Crippen LogP contribution in [-0.2, 0) is 19.6 Å². The van der Waals surface area contributed by atoms with Crippen molar-refractivity contribution in [3.05, 3.63) is 41.3 Å². The number of imide groups is 1. The van der Waals surface area contributed by atoms with Crippen molar-refractivity contribution in [1.29, 1.82) is 0 Å². The minimum Gasteiger partial charge on any atom is -0.338 e. The van der Waals surface area contributed by atoms with E-state index in [0.717, 1.165) is 36.1 Å². The summed E-state index contributed by atoms with van der Waals surface area (Å²) in [5, 5.41) is 4.02. The minimum atomic E-state index is -3.61. The zero-order valence-corrected chi connectivity index (χ0v) is 19.4. The van der Waals surface area contributed by atoms with Crippen LogP contribution in [-0.4, -0.2) is 78.6 Å². The van der Waals surface area contributed by atoms with Crippen LogP contribution in [0.4, 0.5) is 4.79 Å². The molecule has 1 saturated carbocycles. The van der Waals surface area contributed by atoms with Crippen LogP contribution in [0.2, 0.25) is 0 Å². The Hall–Kier alpha value is -2.72. The van der Waals surface area contributed by atoms with Gasteiger partial charge in [0.2, 0.25) is 15.9 Å². The predicted octanol–water partition coefficient (Wildman–Crippen LogP) is 1.78. The molecule has 0 atom stereocenters. The highest BCUT2D eigenvalue weighted by Gasteiger charge is 2.51. The van der Waals surface area contributed by atoms with Gasteiger partial charge in [0, 0.05) is 31.6 Å². The number of carbonyl (C=O) groups excluding carboxylic acids is 3. The molecule has 1 N–H and O–H groups in total. The number of hydrogen-bond acceptors (Lipinski definition) is 5. The maximum absolute atomic E-state index is 13.0. The number of hydrogen-bond donors (Lipinski definition) is 1. The third-order valence-electron chi connectivity index (χ3n) is 6.68. The summed E-state index contributed by atoms with van der Waals surface area (Å²) >= 11 is 0. The van der Waals surface area contributed by atoms with Crippen LogP contribution in [0, 0.1) is 0 Å². The van der Waals surface area contributed by atoms with E-state index in [-0.39, 0.29) is 44.5 Å². The number of carbonyl (C=O) groups is 3. The summed E-state index contributed by atoms with van der Waals surface area (Å²) in [4.78, 5) is 40.9. The molecule has 3 aliphatic rings. The highest BCUT2D eigenvalue weighted by atomic mass is 32.2. The molecule has 4 rings (SSSR count). The van der Waals surface area contributed by atoms with Crippen molar-refractivity contribution in [2.24, 2.45) is 0 Å². The average Bonchev–Trinajstić information content (AvgIpc) is 2.97. The standard InChI is InChI=1S/C23H30N4O5S/c28-20(18-27-21(29)23(24-22(27)30)11-6-1-2-7-12-23)25-13-15-26(16-14-25)33(31,32)17-10-19-8-4-3-5-9-19/h3-5,8-10,17H,1-2,6-7,11-16,18H2,(H,24,30)/b17-10+. The van der Waals surface area contributed by atoms with Crippen LogP contribution in [0.25, 0.3) is 6.08 Å². The Kier molecular flexibility index (Phi) is 6.85. The van der Waals surface area contributed by atoms with Gasteiger partial charge in [0.1, 0.15) is 12.1 Å². The lowest BCUT2D eigenvalue weighted by atomic mass is 9.90. The number of amides is 4. The van der Waals surface area contributed by atoms with E-state index in [4.69, 9.17) is 0 Å². The predicted molar refractivity (Wildman–Crippen MR) is 123 cm³/mol. The van der Waals surface area contributed by atoms with Crippen molar-refractivity contribution in [3.63, 3.8) is 0 Å². The lowest BCUT2D eigenvalue weighted by molar-refractivity contribution is -0.139. The minimum absolute atomic E-state index is 0.164. The van der Waals surface area contributed by atoms with Crippen LogP contribution in [0.3, 0.4) is 0 Å². The van der Waals surface area contributed by atoms with E-state index in [0.29, 0.717) is 12.8 Å². The summed E-state index contributed by atoms with van der Waals surface area (Å²) in [5.41, 5.74) is -0.0824. The number of rotatable bonds is 5. The maximum Gasteiger partial charge on any atom is 0.325 e. The molecule has 0 bridgehead atoms. The van der Waals surface area contributed by atoms with Crippen LogP contribution in [0.5, 0.6) is 0 Å². The van der Waals surface area contributed by atoms with Gasteiger partial charge in [-0.2, -0.15) is 4.31 Å². The summed E-state index contributed by atoms with van der Waals surface area (Å²) in [6.07, 6.45) is 6.60. The fourth-order valence-corrected chi connectivity index (χ4v) is 5.91. The molecule has 4 amide bonds. The molecule has 0 aromatic heterocycles. The monoisotopic (exact) mass is 474 g/mol. The molecule has 2 heterocycles. The van der Waals surface area contributed by atoms with E-state index in [9.17, 15) is 22.8 Å². The molecular formula is C23H30N4O5S. The third kappa shape index (κ3) is 5.11. The second kappa shape index (κ2) is 9.64. The van der Waals surface area contributed by atoms with Crippen LogP contribution in [0.15, 0.2) is 35.7 Å². The largest absolute Gasteiger partial charge is 0.338 e. The van der Waals surface area contributed by atoms with Gasteiger partial charge in [0.25, 0.3) is 5.91 Å². The quantitative estimate of drug-likeness (QED) is 0.655. The van der Waals surface area contributed by atoms with Crippen molar-refractivity contribution in [3.8, 4) is 0 Å². The average molecular weight is 475 g/mol. The van der Waals surface area contributed by atoms with Gasteiger partial charge in [-0.15, -0.1) is 0 Å². The lowest BCUT2D eigenvalue weighted by Gasteiger charge is -2.34. The van der Waals surface area contributed by atoms with E-state index in [1.165, 1.54) is 14.6 Å². The fourth-order valence-electron chi connectivity index (χ4n) is 4.73. The Morgan fingerprint density at radius 1 is 0.970 bits per heavy atom. The second-order valence-corrected chi connectivity index (χ2v) is 10.7. The molecule has 0 unspecified atom stereocenters. The number of urea groups is 1. The molecule has 10 heteroatoms. The Morgan fingerprint density at radius 2 is 1.61 bits per heavy atom. The molecule has 2 aliphatic heterocycles. The van der Waals surface area contributed by atoms with Gasteiger partial charge in [0.15, 0.2) is 0 Å². The number of piperazine rings is 1. The highest BCUT2D eigenvalue weighted by molar-refractivity contribution is 7.92. The SMILES string of the molecule is O=C(CN1C(=O)NC2(CCCCCC2)C1=O)N1CCN(S(=O)(=O)/C=C/c2ccccc2)CC1. The third-order valence-corrected chi connectivity index (χ3v) is 8.24. The Balaban J connectivity index is 1.32. The topological polar surface area (TPSA) is 107 Å². The van der Waals surface area contributed by atoms with Gasteiger partial charge < -0.3 is 10.2 Å². The first-order valence-corrected chi connectivity index (χ1v) is 13.0. The molecule has 3 fully saturated rings. The molecule has 1 aromatic carbocycles. The number of sulfonamides is 1.